The van der Waals surface area contributed by atoms with Crippen molar-refractivity contribution < 1.29 is 19.1 Å². The molecule has 0 saturated carbocycles. The lowest BCUT2D eigenvalue weighted by atomic mass is 9.71. The Morgan fingerprint density at radius 3 is 2.29 bits per heavy atom. The second kappa shape index (κ2) is 11.3. The Balaban J connectivity index is 1.41. The molecular weight excluding hydrogens is 498 g/mol. The second-order valence-corrected chi connectivity index (χ2v) is 10.2. The number of nitrogens with one attached hydrogen (secondary N) is 1. The zero-order chi connectivity index (χ0) is 26.6. The molecule has 0 radical (unpaired) electrons. The van der Waals surface area contributed by atoms with Gasteiger partial charge in [-0.15, -0.1) is 0 Å². The molecule has 38 heavy (non-hydrogen) atoms. The van der Waals surface area contributed by atoms with Crippen molar-refractivity contribution in [3.05, 3.63) is 123 Å². The molecule has 1 aliphatic carbocycles. The molecule has 6 heteroatoms. The quantitative estimate of drug-likeness (QED) is 0.276. The Hall–Kier alpha value is -3.83. The first kappa shape index (κ1) is 25.8. The summed E-state index contributed by atoms with van der Waals surface area (Å²) in [6.45, 7) is 4.23. The van der Waals surface area contributed by atoms with E-state index < -0.39 is 11.9 Å². The summed E-state index contributed by atoms with van der Waals surface area (Å²) in [5.74, 6) is -0.145. The summed E-state index contributed by atoms with van der Waals surface area (Å²) in [6, 6.07) is 25.1. The number of ketones is 1. The third-order valence-electron chi connectivity index (χ3n) is 7.13. The summed E-state index contributed by atoms with van der Waals surface area (Å²) in [6.07, 6.45) is 1.05. The van der Waals surface area contributed by atoms with Crippen molar-refractivity contribution in [3.63, 3.8) is 0 Å². The van der Waals surface area contributed by atoms with E-state index in [-0.39, 0.29) is 24.9 Å². The van der Waals surface area contributed by atoms with Crippen LogP contribution in [0.25, 0.3) is 0 Å². The van der Waals surface area contributed by atoms with Crippen molar-refractivity contribution >= 4 is 23.4 Å². The molecule has 0 fully saturated rings. The van der Waals surface area contributed by atoms with Gasteiger partial charge in [-0.25, -0.2) is 4.79 Å². The van der Waals surface area contributed by atoms with Gasteiger partial charge in [0.05, 0.1) is 5.57 Å². The molecule has 5 nitrogen and oxygen atoms in total. The van der Waals surface area contributed by atoms with E-state index >= 15 is 0 Å². The van der Waals surface area contributed by atoms with Crippen LogP contribution in [-0.4, -0.2) is 25.0 Å². The molecule has 3 aromatic rings. The minimum absolute atomic E-state index is 0.0366. The van der Waals surface area contributed by atoms with E-state index in [9.17, 15) is 9.59 Å². The topological polar surface area (TPSA) is 64.6 Å². The van der Waals surface area contributed by atoms with E-state index in [1.807, 2.05) is 92.7 Å². The van der Waals surface area contributed by atoms with Gasteiger partial charge in [-0.2, -0.15) is 0 Å². The van der Waals surface area contributed by atoms with Gasteiger partial charge in [0, 0.05) is 34.3 Å². The zero-order valence-corrected chi connectivity index (χ0v) is 22.3. The maximum absolute atomic E-state index is 13.7. The fraction of sp³-hybridized carbons (Fsp3) is 0.250. The number of Topliss-reactive ketones (excluding diaryl/α,β-unsaturated/α-hetero) is 1. The van der Waals surface area contributed by atoms with Gasteiger partial charge >= 0.3 is 5.97 Å². The molecule has 1 heterocycles. The standard InChI is InChI=1S/C32H30ClNO4/c1-20-8-10-23(11-9-20)30-29(32(36)38-17-16-37-26-6-4-3-5-7-26)21(2)34-27-18-24(19-28(35)31(27)30)22-12-14-25(33)15-13-22/h3-15,24,30,34H,16-19H2,1-2H3/t24-,30+/m1/s1. The molecule has 0 bridgehead atoms. The van der Waals surface area contributed by atoms with E-state index in [1.54, 1.807) is 0 Å². The Morgan fingerprint density at radius 1 is 0.895 bits per heavy atom. The Kier molecular flexibility index (Phi) is 7.66. The monoisotopic (exact) mass is 527 g/mol. The Morgan fingerprint density at radius 2 is 1.58 bits per heavy atom. The largest absolute Gasteiger partial charge is 0.490 e. The van der Waals surface area contributed by atoms with Gasteiger partial charge in [0.2, 0.25) is 0 Å². The van der Waals surface area contributed by atoms with Crippen LogP contribution >= 0.6 is 11.6 Å². The summed E-state index contributed by atoms with van der Waals surface area (Å²) in [7, 11) is 0. The van der Waals surface area contributed by atoms with Crippen LogP contribution in [-0.2, 0) is 14.3 Å². The number of carbonyl (C=O) groups is 2. The number of allylic oxidation sites excluding steroid dienone is 3. The molecule has 0 amide bonds. The summed E-state index contributed by atoms with van der Waals surface area (Å²) >= 11 is 6.08. The Bertz CT molecular complexity index is 1390. The first-order valence-corrected chi connectivity index (χ1v) is 13.2. The van der Waals surface area contributed by atoms with Crippen molar-refractivity contribution in [3.8, 4) is 5.75 Å². The van der Waals surface area contributed by atoms with E-state index in [1.165, 1.54) is 0 Å². The predicted molar refractivity (Wildman–Crippen MR) is 148 cm³/mol. The van der Waals surface area contributed by atoms with Crippen LogP contribution in [0.5, 0.6) is 5.75 Å². The van der Waals surface area contributed by atoms with E-state index in [4.69, 9.17) is 21.1 Å². The first-order valence-electron chi connectivity index (χ1n) is 12.8. The van der Waals surface area contributed by atoms with E-state index in [0.29, 0.717) is 40.5 Å². The fourth-order valence-corrected chi connectivity index (χ4v) is 5.39. The van der Waals surface area contributed by atoms with Crippen molar-refractivity contribution in [2.24, 2.45) is 0 Å². The van der Waals surface area contributed by atoms with Gasteiger partial charge in [0.1, 0.15) is 19.0 Å². The lowest BCUT2D eigenvalue weighted by Crippen LogP contribution is -2.36. The van der Waals surface area contributed by atoms with Crippen LogP contribution < -0.4 is 10.1 Å². The van der Waals surface area contributed by atoms with Crippen LogP contribution in [0, 0.1) is 6.92 Å². The Labute approximate surface area is 228 Å². The number of hydrogen-bond acceptors (Lipinski definition) is 5. The highest BCUT2D eigenvalue weighted by Crippen LogP contribution is 2.45. The van der Waals surface area contributed by atoms with Gasteiger partial charge in [0.25, 0.3) is 0 Å². The molecule has 3 aromatic carbocycles. The molecular formula is C32H30ClNO4. The number of dihydropyridines is 1. The van der Waals surface area contributed by atoms with Gasteiger partial charge in [-0.3, -0.25) is 4.79 Å². The lowest BCUT2D eigenvalue weighted by Gasteiger charge is -2.36. The van der Waals surface area contributed by atoms with Gasteiger partial charge < -0.3 is 14.8 Å². The molecule has 2 atom stereocenters. The molecule has 0 aromatic heterocycles. The van der Waals surface area contributed by atoms with Crippen molar-refractivity contribution in [2.45, 2.75) is 38.5 Å². The van der Waals surface area contributed by atoms with Crippen molar-refractivity contribution in [1.29, 1.82) is 0 Å². The van der Waals surface area contributed by atoms with Gasteiger partial charge in [0.15, 0.2) is 5.78 Å². The second-order valence-electron chi connectivity index (χ2n) is 9.78. The minimum atomic E-state index is -0.493. The highest BCUT2D eigenvalue weighted by molar-refractivity contribution is 6.30. The van der Waals surface area contributed by atoms with Crippen molar-refractivity contribution in [1.82, 2.24) is 5.32 Å². The van der Waals surface area contributed by atoms with E-state index in [0.717, 1.165) is 22.4 Å². The molecule has 0 unspecified atom stereocenters. The number of ether oxygens (including phenoxy) is 2. The van der Waals surface area contributed by atoms with Crippen LogP contribution in [0.4, 0.5) is 0 Å². The summed E-state index contributed by atoms with van der Waals surface area (Å²) in [4.78, 5) is 27.2. The number of esters is 1. The minimum Gasteiger partial charge on any atom is -0.490 e. The van der Waals surface area contributed by atoms with Crippen LogP contribution in [0.3, 0.4) is 0 Å². The summed E-state index contributed by atoms with van der Waals surface area (Å²) in [5.41, 5.74) is 5.77. The maximum Gasteiger partial charge on any atom is 0.336 e. The average molecular weight is 528 g/mol. The number of rotatable bonds is 7. The number of benzene rings is 3. The highest BCUT2D eigenvalue weighted by Gasteiger charge is 2.41. The third kappa shape index (κ3) is 5.53. The number of aryl methyl sites for hydroxylation is 1. The number of hydrogen-bond donors (Lipinski definition) is 1. The predicted octanol–water partition coefficient (Wildman–Crippen LogP) is 6.63. The van der Waals surface area contributed by atoms with Crippen LogP contribution in [0.1, 0.15) is 48.3 Å². The molecule has 1 aliphatic heterocycles. The fourth-order valence-electron chi connectivity index (χ4n) is 5.26. The normalized spacial score (nSPS) is 19.1. The molecule has 1 N–H and O–H groups in total. The summed E-state index contributed by atoms with van der Waals surface area (Å²) < 4.78 is 11.3. The highest BCUT2D eigenvalue weighted by atomic mass is 35.5. The molecule has 2 aliphatic rings. The molecule has 5 rings (SSSR count). The smallest absolute Gasteiger partial charge is 0.336 e. The van der Waals surface area contributed by atoms with Crippen LogP contribution in [0.15, 0.2) is 101 Å². The van der Waals surface area contributed by atoms with Gasteiger partial charge in [-0.1, -0.05) is 71.8 Å². The third-order valence-corrected chi connectivity index (χ3v) is 7.38. The maximum atomic E-state index is 13.7. The number of halogens is 1. The average Bonchev–Trinajstić information content (AvgIpc) is 2.91. The van der Waals surface area contributed by atoms with Crippen molar-refractivity contribution in [2.75, 3.05) is 13.2 Å². The molecule has 0 saturated heterocycles. The summed E-state index contributed by atoms with van der Waals surface area (Å²) in [5, 5.41) is 4.07. The SMILES string of the molecule is CC1=C(C(=O)OCCOc2ccccc2)[C@H](c2ccc(C)cc2)C2=C(C[C@@H](c3ccc(Cl)cc3)CC2=O)N1. The van der Waals surface area contributed by atoms with E-state index in [2.05, 4.69) is 5.32 Å². The van der Waals surface area contributed by atoms with Crippen LogP contribution in [0.2, 0.25) is 5.02 Å². The lowest BCUT2D eigenvalue weighted by molar-refractivity contribution is -0.140. The molecule has 0 spiro atoms. The number of para-hydroxylation sites is 1. The number of carbonyl (C=O) groups excluding carboxylic acids is 2. The zero-order valence-electron chi connectivity index (χ0n) is 21.5. The molecule has 194 valence electrons. The first-order chi connectivity index (χ1) is 18.4. The van der Waals surface area contributed by atoms with Gasteiger partial charge in [-0.05, 0) is 61.6 Å².